The summed E-state index contributed by atoms with van der Waals surface area (Å²) in [5.74, 6) is 1.04. The molecule has 1 aromatic carbocycles. The zero-order valence-corrected chi connectivity index (χ0v) is 14.5. The van der Waals surface area contributed by atoms with E-state index in [1.54, 1.807) is 6.07 Å². The van der Waals surface area contributed by atoms with Gasteiger partial charge in [0.05, 0.1) is 29.5 Å². The van der Waals surface area contributed by atoms with Crippen LogP contribution < -0.4 is 10.9 Å². The average molecular weight is 340 g/mol. The smallest absolute Gasteiger partial charge is 0.261 e. The van der Waals surface area contributed by atoms with Gasteiger partial charge in [-0.2, -0.15) is 0 Å². The topological polar surface area (TPSA) is 90.0 Å². The van der Waals surface area contributed by atoms with Crippen molar-refractivity contribution >= 4 is 16.8 Å². The van der Waals surface area contributed by atoms with Gasteiger partial charge in [-0.1, -0.05) is 12.1 Å². The number of para-hydroxylation sites is 1. The lowest BCUT2D eigenvalue weighted by Gasteiger charge is -2.08. The Morgan fingerprint density at radius 2 is 2.08 bits per heavy atom. The number of carbonyl (C=O) groups excluding carboxylic acids is 1. The van der Waals surface area contributed by atoms with Crippen molar-refractivity contribution in [2.24, 2.45) is 0 Å². The number of hydrogen-bond donors (Lipinski definition) is 1. The maximum absolute atomic E-state index is 12.5. The second kappa shape index (κ2) is 6.88. The van der Waals surface area contributed by atoms with E-state index in [1.807, 2.05) is 32.9 Å². The van der Waals surface area contributed by atoms with Gasteiger partial charge in [0, 0.05) is 13.0 Å². The quantitative estimate of drug-likeness (QED) is 0.767. The lowest BCUT2D eigenvalue weighted by Crippen LogP contribution is -2.27. The second-order valence-corrected chi connectivity index (χ2v) is 5.99. The Kier molecular flexibility index (Phi) is 4.65. The molecule has 7 nitrogen and oxygen atoms in total. The first kappa shape index (κ1) is 16.9. The molecule has 0 saturated carbocycles. The van der Waals surface area contributed by atoms with Gasteiger partial charge < -0.3 is 9.73 Å². The second-order valence-electron chi connectivity index (χ2n) is 5.99. The first-order valence-corrected chi connectivity index (χ1v) is 8.10. The summed E-state index contributed by atoms with van der Waals surface area (Å²) in [4.78, 5) is 33.0. The summed E-state index contributed by atoms with van der Waals surface area (Å²) >= 11 is 0. The fourth-order valence-electron chi connectivity index (χ4n) is 2.60. The third-order valence-electron chi connectivity index (χ3n) is 4.14. The van der Waals surface area contributed by atoms with Gasteiger partial charge in [-0.05, 0) is 32.4 Å². The van der Waals surface area contributed by atoms with Crippen molar-refractivity contribution in [1.29, 1.82) is 0 Å². The highest BCUT2D eigenvalue weighted by atomic mass is 16.4. The van der Waals surface area contributed by atoms with E-state index >= 15 is 0 Å². The molecule has 0 aliphatic rings. The molecule has 7 heteroatoms. The number of carbonyl (C=O) groups is 1. The Labute approximate surface area is 144 Å². The summed E-state index contributed by atoms with van der Waals surface area (Å²) < 4.78 is 6.87. The standard InChI is InChI=1S/C18H20N4O3/c1-11-5-4-6-14-17(11)20-10-22(18(14)24)8-7-15(23)19-9-16-21-12(2)13(3)25-16/h4-6,10H,7-9H2,1-3H3,(H,19,23). The predicted octanol–water partition coefficient (Wildman–Crippen LogP) is 2.02. The largest absolute Gasteiger partial charge is 0.444 e. The van der Waals surface area contributed by atoms with E-state index in [0.717, 1.165) is 17.0 Å². The van der Waals surface area contributed by atoms with Crippen molar-refractivity contribution in [2.45, 2.75) is 40.3 Å². The van der Waals surface area contributed by atoms with Crippen LogP contribution in [0.4, 0.5) is 0 Å². The number of benzene rings is 1. The van der Waals surface area contributed by atoms with E-state index in [4.69, 9.17) is 4.42 Å². The van der Waals surface area contributed by atoms with Gasteiger partial charge in [-0.25, -0.2) is 9.97 Å². The van der Waals surface area contributed by atoms with Crippen molar-refractivity contribution in [2.75, 3.05) is 0 Å². The van der Waals surface area contributed by atoms with Crippen LogP contribution in [0.1, 0.15) is 29.3 Å². The zero-order valence-electron chi connectivity index (χ0n) is 14.5. The maximum Gasteiger partial charge on any atom is 0.261 e. The number of aryl methyl sites for hydroxylation is 4. The Balaban J connectivity index is 1.63. The van der Waals surface area contributed by atoms with E-state index in [9.17, 15) is 9.59 Å². The van der Waals surface area contributed by atoms with Crippen LogP contribution in [0.3, 0.4) is 0 Å². The van der Waals surface area contributed by atoms with Gasteiger partial charge in [0.1, 0.15) is 5.76 Å². The SMILES string of the molecule is Cc1nc(CNC(=O)CCn2cnc3c(C)cccc3c2=O)oc1C. The Bertz CT molecular complexity index is 968. The number of aromatic nitrogens is 3. The average Bonchev–Trinajstić information content (AvgIpc) is 2.91. The van der Waals surface area contributed by atoms with Gasteiger partial charge in [-0.15, -0.1) is 0 Å². The Morgan fingerprint density at radius 1 is 1.28 bits per heavy atom. The van der Waals surface area contributed by atoms with E-state index in [-0.39, 0.29) is 31.0 Å². The first-order chi connectivity index (χ1) is 12.0. The summed E-state index contributed by atoms with van der Waals surface area (Å²) in [7, 11) is 0. The van der Waals surface area contributed by atoms with Crippen LogP contribution >= 0.6 is 0 Å². The Hall–Kier alpha value is -2.96. The number of nitrogens with one attached hydrogen (secondary N) is 1. The van der Waals surface area contributed by atoms with Crippen molar-refractivity contribution in [1.82, 2.24) is 19.9 Å². The summed E-state index contributed by atoms with van der Waals surface area (Å²) in [6, 6.07) is 5.50. The van der Waals surface area contributed by atoms with Crippen molar-refractivity contribution < 1.29 is 9.21 Å². The molecule has 25 heavy (non-hydrogen) atoms. The first-order valence-electron chi connectivity index (χ1n) is 8.10. The number of rotatable bonds is 5. The number of amides is 1. The molecule has 0 aliphatic heterocycles. The lowest BCUT2D eigenvalue weighted by atomic mass is 10.1. The van der Waals surface area contributed by atoms with Gasteiger partial charge >= 0.3 is 0 Å². The molecular weight excluding hydrogens is 320 g/mol. The van der Waals surface area contributed by atoms with Crippen LogP contribution in [0.25, 0.3) is 10.9 Å². The molecular formula is C18H20N4O3. The monoisotopic (exact) mass is 340 g/mol. The van der Waals surface area contributed by atoms with Gasteiger partial charge in [0.15, 0.2) is 0 Å². The van der Waals surface area contributed by atoms with Crippen LogP contribution in [-0.4, -0.2) is 20.4 Å². The Morgan fingerprint density at radius 3 is 2.80 bits per heavy atom. The molecule has 0 radical (unpaired) electrons. The third kappa shape index (κ3) is 3.60. The summed E-state index contributed by atoms with van der Waals surface area (Å²) in [6.45, 7) is 6.10. The molecule has 2 heterocycles. The number of nitrogens with zero attached hydrogens (tertiary/aromatic N) is 3. The maximum atomic E-state index is 12.5. The number of oxazole rings is 1. The highest BCUT2D eigenvalue weighted by Crippen LogP contribution is 2.11. The van der Waals surface area contributed by atoms with Crippen molar-refractivity contribution in [3.05, 3.63) is 57.8 Å². The molecule has 0 aliphatic carbocycles. The van der Waals surface area contributed by atoms with Crippen molar-refractivity contribution in [3.63, 3.8) is 0 Å². The molecule has 0 fully saturated rings. The fourth-order valence-corrected chi connectivity index (χ4v) is 2.60. The molecule has 3 rings (SSSR count). The van der Waals surface area contributed by atoms with Crippen LogP contribution in [0.5, 0.6) is 0 Å². The minimum absolute atomic E-state index is 0.138. The number of fused-ring (bicyclic) bond motifs is 1. The minimum atomic E-state index is -0.176. The highest BCUT2D eigenvalue weighted by Gasteiger charge is 2.10. The summed E-state index contributed by atoms with van der Waals surface area (Å²) in [5.41, 5.74) is 2.33. The lowest BCUT2D eigenvalue weighted by molar-refractivity contribution is -0.121. The van der Waals surface area contributed by atoms with Crippen molar-refractivity contribution in [3.8, 4) is 0 Å². The predicted molar refractivity (Wildman–Crippen MR) is 93.2 cm³/mol. The van der Waals surface area contributed by atoms with Crippen LogP contribution in [-0.2, 0) is 17.9 Å². The normalized spacial score (nSPS) is 11.0. The summed E-state index contributed by atoms with van der Waals surface area (Å²) in [6.07, 6.45) is 1.67. The van der Waals surface area contributed by atoms with Gasteiger partial charge in [-0.3, -0.25) is 14.2 Å². The molecule has 0 atom stereocenters. The van der Waals surface area contributed by atoms with E-state index in [0.29, 0.717) is 16.8 Å². The summed E-state index contributed by atoms with van der Waals surface area (Å²) in [5, 5.41) is 3.31. The zero-order chi connectivity index (χ0) is 18.0. The minimum Gasteiger partial charge on any atom is -0.444 e. The molecule has 0 unspecified atom stereocenters. The third-order valence-corrected chi connectivity index (χ3v) is 4.14. The van der Waals surface area contributed by atoms with E-state index < -0.39 is 0 Å². The van der Waals surface area contributed by atoms with E-state index in [1.165, 1.54) is 10.9 Å². The highest BCUT2D eigenvalue weighted by molar-refractivity contribution is 5.80. The van der Waals surface area contributed by atoms with Crippen LogP contribution in [0.2, 0.25) is 0 Å². The molecule has 2 aromatic heterocycles. The molecule has 1 amide bonds. The fraction of sp³-hybridized carbons (Fsp3) is 0.333. The molecule has 130 valence electrons. The molecule has 3 aromatic rings. The number of hydrogen-bond acceptors (Lipinski definition) is 5. The molecule has 0 saturated heterocycles. The van der Waals surface area contributed by atoms with Gasteiger partial charge in [0.25, 0.3) is 5.56 Å². The molecule has 0 spiro atoms. The van der Waals surface area contributed by atoms with Gasteiger partial charge in [0.2, 0.25) is 11.8 Å². The van der Waals surface area contributed by atoms with Crippen LogP contribution in [0, 0.1) is 20.8 Å². The molecule has 1 N–H and O–H groups in total. The van der Waals surface area contributed by atoms with E-state index in [2.05, 4.69) is 15.3 Å². The van der Waals surface area contributed by atoms with Crippen LogP contribution in [0.15, 0.2) is 33.7 Å². The molecule has 0 bridgehead atoms.